The van der Waals surface area contributed by atoms with E-state index in [2.05, 4.69) is 10.3 Å². The van der Waals surface area contributed by atoms with Crippen molar-refractivity contribution in [1.29, 1.82) is 0 Å². The number of benzene rings is 1. The van der Waals surface area contributed by atoms with E-state index in [0.717, 1.165) is 0 Å². The van der Waals surface area contributed by atoms with Crippen molar-refractivity contribution in [2.24, 2.45) is 0 Å². The molecule has 7 nitrogen and oxygen atoms in total. The lowest BCUT2D eigenvalue weighted by Gasteiger charge is -2.22. The number of carbonyl (C=O) groups excluding carboxylic acids is 2. The van der Waals surface area contributed by atoms with Gasteiger partial charge in [0.2, 0.25) is 0 Å². The summed E-state index contributed by atoms with van der Waals surface area (Å²) >= 11 is 5.99. The van der Waals surface area contributed by atoms with E-state index in [-0.39, 0.29) is 12.5 Å². The number of hydrogen-bond donors (Lipinski definition) is 1. The van der Waals surface area contributed by atoms with Crippen molar-refractivity contribution < 1.29 is 14.3 Å². The predicted molar refractivity (Wildman–Crippen MR) is 99.6 cm³/mol. The Balaban J connectivity index is 1.61. The van der Waals surface area contributed by atoms with Crippen LogP contribution >= 0.6 is 11.6 Å². The number of carbonyl (C=O) groups is 2. The normalized spacial score (nSPS) is 19.6. The Kier molecular flexibility index (Phi) is 4.04. The highest BCUT2D eigenvalue weighted by atomic mass is 35.5. The van der Waals surface area contributed by atoms with Crippen LogP contribution in [0, 0.1) is 0 Å². The molecule has 1 aliphatic rings. The third kappa shape index (κ3) is 2.90. The maximum atomic E-state index is 13.0. The van der Waals surface area contributed by atoms with Crippen molar-refractivity contribution in [3.63, 3.8) is 0 Å². The highest BCUT2D eigenvalue weighted by Gasteiger charge is 2.49. The summed E-state index contributed by atoms with van der Waals surface area (Å²) in [5, 5.41) is 3.37. The van der Waals surface area contributed by atoms with Gasteiger partial charge in [0, 0.05) is 12.4 Å². The van der Waals surface area contributed by atoms with E-state index in [1.807, 2.05) is 0 Å². The molecule has 3 amide bonds. The molecule has 1 unspecified atom stereocenters. The number of ether oxygens (including phenoxy) is 1. The van der Waals surface area contributed by atoms with E-state index in [1.54, 1.807) is 67.2 Å². The summed E-state index contributed by atoms with van der Waals surface area (Å²) < 4.78 is 6.91. The standard InChI is InChI=1S/C19H17ClN4O3/c1-19(12-3-6-15(27-2)7-4-12)17(25)24(18(26)22-19)11-14-10-23-9-13(20)5-8-16(23)21-14/h3-10H,11H2,1-2H3,(H,22,26). The van der Waals surface area contributed by atoms with E-state index in [4.69, 9.17) is 16.3 Å². The summed E-state index contributed by atoms with van der Waals surface area (Å²) in [5.41, 5.74) is 0.844. The second kappa shape index (κ2) is 6.28. The van der Waals surface area contributed by atoms with Crippen LogP contribution in [0.3, 0.4) is 0 Å². The number of fused-ring (bicyclic) bond motifs is 1. The molecule has 1 aliphatic heterocycles. The second-order valence-electron chi connectivity index (χ2n) is 6.52. The summed E-state index contributed by atoms with van der Waals surface area (Å²) in [6, 6.07) is 10.1. The van der Waals surface area contributed by atoms with Crippen LogP contribution in [0.1, 0.15) is 18.2 Å². The number of nitrogens with zero attached hydrogens (tertiary/aromatic N) is 3. The Labute approximate surface area is 160 Å². The Morgan fingerprint density at radius 3 is 2.59 bits per heavy atom. The number of imide groups is 1. The van der Waals surface area contributed by atoms with Crippen LogP contribution in [0.25, 0.3) is 5.65 Å². The Bertz CT molecular complexity index is 1050. The average molecular weight is 385 g/mol. The number of hydrogen-bond acceptors (Lipinski definition) is 4. The molecule has 1 saturated heterocycles. The largest absolute Gasteiger partial charge is 0.497 e. The molecule has 4 rings (SSSR count). The van der Waals surface area contributed by atoms with Gasteiger partial charge in [-0.25, -0.2) is 9.78 Å². The molecule has 1 aromatic carbocycles. The second-order valence-corrected chi connectivity index (χ2v) is 6.96. The molecule has 0 bridgehead atoms. The molecule has 1 N–H and O–H groups in total. The minimum Gasteiger partial charge on any atom is -0.497 e. The molecule has 138 valence electrons. The van der Waals surface area contributed by atoms with Crippen LogP contribution in [-0.4, -0.2) is 33.3 Å². The Hall–Kier alpha value is -3.06. The third-order valence-electron chi connectivity index (χ3n) is 4.73. The fourth-order valence-corrected chi connectivity index (χ4v) is 3.38. The first kappa shape index (κ1) is 17.4. The van der Waals surface area contributed by atoms with Crippen LogP contribution in [-0.2, 0) is 16.9 Å². The minimum absolute atomic E-state index is 0.0791. The molecule has 3 heterocycles. The summed E-state index contributed by atoms with van der Waals surface area (Å²) in [6.45, 7) is 1.77. The van der Waals surface area contributed by atoms with Gasteiger partial charge in [-0.3, -0.25) is 9.69 Å². The summed E-state index contributed by atoms with van der Waals surface area (Å²) in [5.74, 6) is 0.354. The first-order valence-electron chi connectivity index (χ1n) is 8.32. The van der Waals surface area contributed by atoms with Gasteiger partial charge in [0.25, 0.3) is 5.91 Å². The number of pyridine rings is 1. The van der Waals surface area contributed by atoms with Crippen LogP contribution in [0.2, 0.25) is 5.02 Å². The van der Waals surface area contributed by atoms with Gasteiger partial charge >= 0.3 is 6.03 Å². The summed E-state index contributed by atoms with van der Waals surface area (Å²) in [7, 11) is 1.57. The maximum absolute atomic E-state index is 13.0. The highest BCUT2D eigenvalue weighted by Crippen LogP contribution is 2.30. The van der Waals surface area contributed by atoms with Crippen LogP contribution in [0.4, 0.5) is 4.79 Å². The first-order chi connectivity index (χ1) is 12.9. The SMILES string of the molecule is COc1ccc(C2(C)NC(=O)N(Cc3cn4cc(Cl)ccc4n3)C2=O)cc1. The van der Waals surface area contributed by atoms with Gasteiger partial charge in [-0.2, -0.15) is 0 Å². The zero-order chi connectivity index (χ0) is 19.2. The van der Waals surface area contributed by atoms with Crippen molar-refractivity contribution in [1.82, 2.24) is 19.6 Å². The summed E-state index contributed by atoms with van der Waals surface area (Å²) in [6.07, 6.45) is 3.48. The molecule has 0 aliphatic carbocycles. The van der Waals surface area contributed by atoms with E-state index in [0.29, 0.717) is 27.7 Å². The zero-order valence-electron chi connectivity index (χ0n) is 14.8. The Morgan fingerprint density at radius 1 is 1.15 bits per heavy atom. The van der Waals surface area contributed by atoms with E-state index < -0.39 is 11.6 Å². The van der Waals surface area contributed by atoms with Gasteiger partial charge in [0.1, 0.15) is 16.9 Å². The fraction of sp³-hybridized carbons (Fsp3) is 0.211. The molecule has 2 aromatic heterocycles. The number of aromatic nitrogens is 2. The number of imidazole rings is 1. The van der Waals surface area contributed by atoms with Crippen LogP contribution in [0.15, 0.2) is 48.8 Å². The van der Waals surface area contributed by atoms with Gasteiger partial charge in [-0.15, -0.1) is 0 Å². The number of urea groups is 1. The molecule has 3 aromatic rings. The first-order valence-corrected chi connectivity index (χ1v) is 8.70. The highest BCUT2D eigenvalue weighted by molar-refractivity contribution is 6.30. The minimum atomic E-state index is -1.13. The molecule has 0 saturated carbocycles. The van der Waals surface area contributed by atoms with E-state index >= 15 is 0 Å². The molecule has 0 spiro atoms. The maximum Gasteiger partial charge on any atom is 0.325 e. The van der Waals surface area contributed by atoms with Crippen molar-refractivity contribution in [2.75, 3.05) is 7.11 Å². The van der Waals surface area contributed by atoms with Crippen molar-refractivity contribution in [3.05, 3.63) is 65.1 Å². The Morgan fingerprint density at radius 2 is 1.89 bits per heavy atom. The smallest absolute Gasteiger partial charge is 0.325 e. The lowest BCUT2D eigenvalue weighted by molar-refractivity contribution is -0.131. The number of halogens is 1. The molecule has 1 fully saturated rings. The average Bonchev–Trinajstić information content (AvgIpc) is 3.15. The third-order valence-corrected chi connectivity index (χ3v) is 4.95. The molecule has 1 atom stereocenters. The number of amides is 3. The van der Waals surface area contributed by atoms with Gasteiger partial charge in [0.15, 0.2) is 0 Å². The molecular weight excluding hydrogens is 368 g/mol. The molecule has 0 radical (unpaired) electrons. The fourth-order valence-electron chi connectivity index (χ4n) is 3.22. The van der Waals surface area contributed by atoms with Crippen molar-refractivity contribution in [3.8, 4) is 5.75 Å². The van der Waals surface area contributed by atoms with Crippen LogP contribution in [0.5, 0.6) is 5.75 Å². The number of methoxy groups -OCH3 is 1. The zero-order valence-corrected chi connectivity index (χ0v) is 15.5. The topological polar surface area (TPSA) is 75.9 Å². The molecular formula is C19H17ClN4O3. The lowest BCUT2D eigenvalue weighted by atomic mass is 9.92. The lowest BCUT2D eigenvalue weighted by Crippen LogP contribution is -2.40. The van der Waals surface area contributed by atoms with Crippen molar-refractivity contribution in [2.45, 2.75) is 19.0 Å². The molecule has 8 heteroatoms. The molecule has 27 heavy (non-hydrogen) atoms. The van der Waals surface area contributed by atoms with Gasteiger partial charge in [-0.05, 0) is 36.8 Å². The number of rotatable bonds is 4. The van der Waals surface area contributed by atoms with Crippen LogP contribution < -0.4 is 10.1 Å². The van der Waals surface area contributed by atoms with E-state index in [1.165, 1.54) is 4.90 Å². The monoisotopic (exact) mass is 384 g/mol. The summed E-state index contributed by atoms with van der Waals surface area (Å²) in [4.78, 5) is 31.1. The van der Waals surface area contributed by atoms with Gasteiger partial charge in [0.05, 0.1) is 24.4 Å². The number of nitrogens with one attached hydrogen (secondary N) is 1. The van der Waals surface area contributed by atoms with Gasteiger partial charge in [-0.1, -0.05) is 23.7 Å². The van der Waals surface area contributed by atoms with Crippen molar-refractivity contribution >= 4 is 29.2 Å². The van der Waals surface area contributed by atoms with E-state index in [9.17, 15) is 9.59 Å². The predicted octanol–water partition coefficient (Wildman–Crippen LogP) is 2.96. The van der Waals surface area contributed by atoms with Gasteiger partial charge < -0.3 is 14.5 Å². The quantitative estimate of drug-likeness (QED) is 0.702.